The molecule has 1 aliphatic heterocycles. The molecule has 0 N–H and O–H groups in total. The predicted molar refractivity (Wildman–Crippen MR) is 138 cm³/mol. The molecule has 0 spiro atoms. The van der Waals surface area contributed by atoms with Crippen LogP contribution in [0.25, 0.3) is 10.2 Å². The van der Waals surface area contributed by atoms with E-state index in [0.29, 0.717) is 41.5 Å². The summed E-state index contributed by atoms with van der Waals surface area (Å²) >= 11 is 1.35. The third kappa shape index (κ3) is 5.06. The number of amides is 1. The van der Waals surface area contributed by atoms with Crippen molar-refractivity contribution in [3.8, 4) is 11.5 Å². The highest BCUT2D eigenvalue weighted by atomic mass is 32.2. The number of fused-ring (bicyclic) bond motifs is 1. The largest absolute Gasteiger partial charge is 0.495 e. The van der Waals surface area contributed by atoms with Crippen molar-refractivity contribution in [2.45, 2.75) is 50.8 Å². The van der Waals surface area contributed by atoms with Crippen LogP contribution in [0, 0.1) is 0 Å². The quantitative estimate of drug-likeness (QED) is 0.460. The summed E-state index contributed by atoms with van der Waals surface area (Å²) in [6.45, 7) is 6.97. The van der Waals surface area contributed by atoms with Crippen molar-refractivity contribution in [3.05, 3.63) is 46.8 Å². The van der Waals surface area contributed by atoms with Gasteiger partial charge < -0.3 is 18.8 Å². The lowest BCUT2D eigenvalue weighted by Gasteiger charge is -2.34. The summed E-state index contributed by atoms with van der Waals surface area (Å²) in [6.07, 6.45) is 0.465. The Morgan fingerprint density at radius 3 is 2.25 bits per heavy atom. The third-order valence-corrected chi connectivity index (χ3v) is 8.90. The lowest BCUT2D eigenvalue weighted by atomic mass is 10.2. The molecule has 1 aliphatic rings. The number of rotatable bonds is 7. The number of morpholine rings is 1. The second-order valence-corrected chi connectivity index (χ2v) is 11.6. The van der Waals surface area contributed by atoms with Crippen LogP contribution in [0.1, 0.15) is 37.6 Å². The van der Waals surface area contributed by atoms with Crippen molar-refractivity contribution in [3.63, 3.8) is 0 Å². The maximum absolute atomic E-state index is 13.1. The fraction of sp³-hybridized carbons (Fsp3) is 0.440. The molecular weight excluding hydrogens is 502 g/mol. The Balaban J connectivity index is 1.69. The predicted octanol–water partition coefficient (Wildman–Crippen LogP) is 3.67. The number of hydrogen-bond donors (Lipinski definition) is 0. The van der Waals surface area contributed by atoms with Crippen molar-refractivity contribution < 1.29 is 27.4 Å². The standard InChI is InChI=1S/C25H31N3O6S2/c1-6-13-28-22-20(32-4)11-12-21(33-5)23(22)35-25(28)26-24(29)18-7-9-19(10-8-18)36(30,31)27-14-16(2)34-17(3)15-27/h7-12,16-17H,6,13-15H2,1-5H3. The van der Waals surface area contributed by atoms with Gasteiger partial charge in [0.1, 0.15) is 21.7 Å². The fourth-order valence-electron chi connectivity index (χ4n) is 4.37. The first-order chi connectivity index (χ1) is 17.2. The Hall–Kier alpha value is -2.73. The molecule has 2 aromatic carbocycles. The molecule has 1 fully saturated rings. The molecule has 3 aromatic rings. The Morgan fingerprint density at radius 2 is 1.67 bits per heavy atom. The average molecular weight is 534 g/mol. The molecule has 11 heteroatoms. The summed E-state index contributed by atoms with van der Waals surface area (Å²) in [5, 5.41) is 0. The van der Waals surface area contributed by atoms with Crippen LogP contribution in [0.2, 0.25) is 0 Å². The smallest absolute Gasteiger partial charge is 0.279 e. The number of carbonyl (C=O) groups is 1. The van der Waals surface area contributed by atoms with E-state index in [1.165, 1.54) is 39.9 Å². The van der Waals surface area contributed by atoms with Crippen LogP contribution in [0.5, 0.6) is 11.5 Å². The first-order valence-electron chi connectivity index (χ1n) is 11.8. The summed E-state index contributed by atoms with van der Waals surface area (Å²) in [6, 6.07) is 9.59. The molecule has 0 bridgehead atoms. The molecule has 2 atom stereocenters. The van der Waals surface area contributed by atoms with Crippen LogP contribution in [0.4, 0.5) is 0 Å². The highest BCUT2D eigenvalue weighted by Crippen LogP contribution is 2.35. The van der Waals surface area contributed by atoms with Gasteiger partial charge in [0, 0.05) is 25.2 Å². The molecular formula is C25H31N3O6S2. The van der Waals surface area contributed by atoms with Gasteiger partial charge in [-0.05, 0) is 56.7 Å². The average Bonchev–Trinajstić information content (AvgIpc) is 3.21. The van der Waals surface area contributed by atoms with Gasteiger partial charge in [-0.15, -0.1) is 0 Å². The van der Waals surface area contributed by atoms with Crippen LogP contribution in [-0.4, -0.2) is 62.7 Å². The Bertz CT molecular complexity index is 1420. The topological polar surface area (TPSA) is 99.4 Å². The van der Waals surface area contributed by atoms with E-state index < -0.39 is 15.9 Å². The summed E-state index contributed by atoms with van der Waals surface area (Å²) in [7, 11) is -0.494. The number of carbonyl (C=O) groups excluding carboxylic acids is 1. The van der Waals surface area contributed by atoms with E-state index in [4.69, 9.17) is 14.2 Å². The summed E-state index contributed by atoms with van der Waals surface area (Å²) in [4.78, 5) is 18.1. The minimum atomic E-state index is -3.69. The Kier molecular flexibility index (Phi) is 7.84. The molecule has 2 heterocycles. The molecule has 0 radical (unpaired) electrons. The summed E-state index contributed by atoms with van der Waals surface area (Å²) in [5.74, 6) is 0.892. The van der Waals surface area contributed by atoms with E-state index in [0.717, 1.165) is 16.6 Å². The van der Waals surface area contributed by atoms with Crippen molar-refractivity contribution >= 4 is 37.5 Å². The minimum absolute atomic E-state index is 0.137. The monoisotopic (exact) mass is 533 g/mol. The van der Waals surface area contributed by atoms with E-state index >= 15 is 0 Å². The minimum Gasteiger partial charge on any atom is -0.495 e. The summed E-state index contributed by atoms with van der Waals surface area (Å²) < 4.78 is 47.2. The van der Waals surface area contributed by atoms with Gasteiger partial charge >= 0.3 is 0 Å². The van der Waals surface area contributed by atoms with Gasteiger partial charge in [0.25, 0.3) is 5.91 Å². The van der Waals surface area contributed by atoms with Crippen LogP contribution in [0.3, 0.4) is 0 Å². The number of ether oxygens (including phenoxy) is 3. The number of methoxy groups -OCH3 is 2. The second kappa shape index (κ2) is 10.7. The molecule has 194 valence electrons. The molecule has 36 heavy (non-hydrogen) atoms. The van der Waals surface area contributed by atoms with E-state index in [1.54, 1.807) is 14.2 Å². The van der Waals surface area contributed by atoms with Crippen molar-refractivity contribution in [1.29, 1.82) is 0 Å². The number of aryl methyl sites for hydroxylation is 1. The highest BCUT2D eigenvalue weighted by molar-refractivity contribution is 7.89. The number of nitrogens with zero attached hydrogens (tertiary/aromatic N) is 3. The van der Waals surface area contributed by atoms with Crippen molar-refractivity contribution in [2.24, 2.45) is 4.99 Å². The van der Waals surface area contributed by atoms with Gasteiger partial charge in [-0.25, -0.2) is 8.42 Å². The zero-order chi connectivity index (χ0) is 26.0. The van der Waals surface area contributed by atoms with Gasteiger partial charge in [-0.2, -0.15) is 9.30 Å². The van der Waals surface area contributed by atoms with E-state index in [9.17, 15) is 13.2 Å². The van der Waals surface area contributed by atoms with Crippen LogP contribution in [0.15, 0.2) is 46.3 Å². The van der Waals surface area contributed by atoms with Crippen LogP contribution < -0.4 is 14.3 Å². The molecule has 0 aliphatic carbocycles. The van der Waals surface area contributed by atoms with Gasteiger partial charge in [0.05, 0.1) is 31.3 Å². The number of thiazole rings is 1. The molecule has 1 aromatic heterocycles. The van der Waals surface area contributed by atoms with Gasteiger partial charge in [-0.3, -0.25) is 4.79 Å². The van der Waals surface area contributed by atoms with Crippen molar-refractivity contribution in [1.82, 2.24) is 8.87 Å². The molecule has 1 saturated heterocycles. The zero-order valence-corrected chi connectivity index (χ0v) is 22.7. The van der Waals surface area contributed by atoms with Gasteiger partial charge in [-0.1, -0.05) is 18.3 Å². The van der Waals surface area contributed by atoms with Crippen LogP contribution >= 0.6 is 11.3 Å². The Morgan fingerprint density at radius 1 is 1.06 bits per heavy atom. The first-order valence-corrected chi connectivity index (χ1v) is 14.0. The van der Waals surface area contributed by atoms with E-state index in [2.05, 4.69) is 4.99 Å². The fourth-order valence-corrected chi connectivity index (χ4v) is 7.12. The number of sulfonamides is 1. The Labute approximate surface area is 215 Å². The first kappa shape index (κ1) is 26.3. The van der Waals surface area contributed by atoms with E-state index in [1.807, 2.05) is 37.5 Å². The maximum Gasteiger partial charge on any atom is 0.279 e. The molecule has 4 rings (SSSR count). The normalized spacial score (nSPS) is 19.5. The van der Waals surface area contributed by atoms with Gasteiger partial charge in [0.15, 0.2) is 4.80 Å². The number of hydrogen-bond acceptors (Lipinski definition) is 7. The highest BCUT2D eigenvalue weighted by Gasteiger charge is 2.32. The third-order valence-electron chi connectivity index (χ3n) is 5.96. The lowest BCUT2D eigenvalue weighted by Crippen LogP contribution is -2.48. The number of benzene rings is 2. The van der Waals surface area contributed by atoms with Crippen molar-refractivity contribution in [2.75, 3.05) is 27.3 Å². The SMILES string of the molecule is CCCn1c(=NC(=O)c2ccc(S(=O)(=O)N3CC(C)OC(C)C3)cc2)sc2c(OC)ccc(OC)c21. The maximum atomic E-state index is 13.1. The molecule has 2 unspecified atom stereocenters. The second-order valence-electron chi connectivity index (χ2n) is 8.70. The summed E-state index contributed by atoms with van der Waals surface area (Å²) in [5.41, 5.74) is 1.13. The molecule has 9 nitrogen and oxygen atoms in total. The zero-order valence-electron chi connectivity index (χ0n) is 21.1. The molecule has 1 amide bonds. The van der Waals surface area contributed by atoms with E-state index in [-0.39, 0.29) is 17.1 Å². The number of aromatic nitrogens is 1. The lowest BCUT2D eigenvalue weighted by molar-refractivity contribution is -0.0440. The van der Waals surface area contributed by atoms with Gasteiger partial charge in [0.2, 0.25) is 10.0 Å². The molecule has 0 saturated carbocycles. The van der Waals surface area contributed by atoms with Crippen LogP contribution in [-0.2, 0) is 21.3 Å².